The number of anilines is 4. The number of hydrogen-bond donors (Lipinski definition) is 3. The number of fused-ring (bicyclic) bond motifs is 1. The van der Waals surface area contributed by atoms with Crippen LogP contribution < -0.4 is 21.7 Å². The Hall–Kier alpha value is -2.36. The van der Waals surface area contributed by atoms with Crippen molar-refractivity contribution >= 4 is 53.6 Å². The molecule has 0 amide bonds. The van der Waals surface area contributed by atoms with Crippen molar-refractivity contribution in [2.75, 3.05) is 29.0 Å². The van der Waals surface area contributed by atoms with Gasteiger partial charge in [-0.15, -0.1) is 24.8 Å². The van der Waals surface area contributed by atoms with Gasteiger partial charge in [0.2, 0.25) is 5.95 Å². The SMILES string of the molecule is Cl.Cl.Nc1ccc(Nc2nc3c(c(N4CCCC(N)C4)n2)CCC3)cc1[N+](=O)[O-]. The van der Waals surface area contributed by atoms with Crippen molar-refractivity contribution in [1.29, 1.82) is 0 Å². The number of nitro groups is 1. The summed E-state index contributed by atoms with van der Waals surface area (Å²) in [5.74, 6) is 1.39. The molecule has 2 aromatic rings. The van der Waals surface area contributed by atoms with E-state index in [4.69, 9.17) is 16.5 Å². The van der Waals surface area contributed by atoms with Crippen molar-refractivity contribution in [1.82, 2.24) is 9.97 Å². The van der Waals surface area contributed by atoms with Gasteiger partial charge in [-0.3, -0.25) is 10.1 Å². The monoisotopic (exact) mass is 441 g/mol. The molecular weight excluding hydrogens is 417 g/mol. The van der Waals surface area contributed by atoms with Gasteiger partial charge in [-0.25, -0.2) is 4.98 Å². The summed E-state index contributed by atoms with van der Waals surface area (Å²) in [5.41, 5.74) is 14.6. The Labute approximate surface area is 181 Å². The molecule has 1 atom stereocenters. The van der Waals surface area contributed by atoms with Crippen LogP contribution in [0.1, 0.15) is 30.5 Å². The molecule has 1 aliphatic heterocycles. The maximum absolute atomic E-state index is 11.1. The predicted molar refractivity (Wildman–Crippen MR) is 119 cm³/mol. The van der Waals surface area contributed by atoms with Crippen molar-refractivity contribution in [3.8, 4) is 0 Å². The highest BCUT2D eigenvalue weighted by Crippen LogP contribution is 2.33. The molecule has 9 nitrogen and oxygen atoms in total. The van der Waals surface area contributed by atoms with Gasteiger partial charge in [0, 0.05) is 36.4 Å². The molecule has 2 heterocycles. The van der Waals surface area contributed by atoms with Gasteiger partial charge in [0.1, 0.15) is 11.5 Å². The highest BCUT2D eigenvalue weighted by Gasteiger charge is 2.26. The third-order valence-corrected chi connectivity index (χ3v) is 5.15. The van der Waals surface area contributed by atoms with E-state index >= 15 is 0 Å². The molecule has 1 aliphatic carbocycles. The summed E-state index contributed by atoms with van der Waals surface area (Å²) < 4.78 is 0. The molecule has 1 aromatic carbocycles. The lowest BCUT2D eigenvalue weighted by atomic mass is 10.1. The van der Waals surface area contributed by atoms with Crippen molar-refractivity contribution in [2.45, 2.75) is 38.1 Å². The average molecular weight is 442 g/mol. The Balaban J connectivity index is 0.00000150. The fourth-order valence-electron chi connectivity index (χ4n) is 3.84. The van der Waals surface area contributed by atoms with Gasteiger partial charge in [-0.1, -0.05) is 0 Å². The molecule has 4 rings (SSSR count). The van der Waals surface area contributed by atoms with Crippen LogP contribution in [-0.4, -0.2) is 34.0 Å². The summed E-state index contributed by atoms with van der Waals surface area (Å²) >= 11 is 0. The standard InChI is InChI=1S/C18H23N7O2.2ClH/c19-11-3-2-8-24(10-11)17-13-4-1-5-15(13)22-18(23-17)21-12-6-7-14(20)16(9-12)25(26)27;;/h6-7,9,11H,1-5,8,10,19-20H2,(H,21,22,23);2*1H. The number of halogens is 2. The predicted octanol–water partition coefficient (Wildman–Crippen LogP) is 2.97. The number of nitro benzene ring substituents is 1. The maximum atomic E-state index is 11.1. The van der Waals surface area contributed by atoms with Crippen molar-refractivity contribution in [3.63, 3.8) is 0 Å². The molecule has 11 heteroatoms. The number of nitrogens with one attached hydrogen (secondary N) is 1. The third kappa shape index (κ3) is 4.80. The minimum atomic E-state index is -0.495. The van der Waals surface area contributed by atoms with Crippen LogP contribution in [0.5, 0.6) is 0 Å². The van der Waals surface area contributed by atoms with Gasteiger partial charge in [0.15, 0.2) is 0 Å². The largest absolute Gasteiger partial charge is 0.393 e. The van der Waals surface area contributed by atoms with Gasteiger partial charge >= 0.3 is 0 Å². The molecule has 1 saturated heterocycles. The van der Waals surface area contributed by atoms with E-state index in [1.54, 1.807) is 6.07 Å². The first-order chi connectivity index (χ1) is 13.0. The lowest BCUT2D eigenvalue weighted by Gasteiger charge is -2.33. The van der Waals surface area contributed by atoms with Crippen LogP contribution in [0.3, 0.4) is 0 Å². The zero-order valence-corrected chi connectivity index (χ0v) is 17.5. The second-order valence-corrected chi connectivity index (χ2v) is 7.15. The van der Waals surface area contributed by atoms with Crippen LogP contribution in [0.25, 0.3) is 0 Å². The molecule has 0 saturated carbocycles. The highest BCUT2D eigenvalue weighted by molar-refractivity contribution is 5.85. The van der Waals surface area contributed by atoms with E-state index in [1.165, 1.54) is 17.7 Å². The Morgan fingerprint density at radius 3 is 2.72 bits per heavy atom. The zero-order chi connectivity index (χ0) is 19.0. The van der Waals surface area contributed by atoms with E-state index in [1.807, 2.05) is 0 Å². The quantitative estimate of drug-likeness (QED) is 0.374. The summed E-state index contributed by atoms with van der Waals surface area (Å²) in [6, 6.07) is 4.76. The number of nitrogen functional groups attached to an aromatic ring is 1. The summed E-state index contributed by atoms with van der Waals surface area (Å²) in [4.78, 5) is 22.3. The Morgan fingerprint density at radius 2 is 2.00 bits per heavy atom. The molecule has 29 heavy (non-hydrogen) atoms. The lowest BCUT2D eigenvalue weighted by Crippen LogP contribution is -2.43. The first-order valence-electron chi connectivity index (χ1n) is 9.22. The van der Waals surface area contributed by atoms with E-state index in [-0.39, 0.29) is 42.2 Å². The number of piperidine rings is 1. The van der Waals surface area contributed by atoms with Gasteiger partial charge in [0.25, 0.3) is 5.69 Å². The van der Waals surface area contributed by atoms with Crippen molar-refractivity contribution < 1.29 is 4.92 Å². The van der Waals surface area contributed by atoms with Crippen LogP contribution in [-0.2, 0) is 12.8 Å². The van der Waals surface area contributed by atoms with E-state index in [2.05, 4.69) is 15.2 Å². The average Bonchev–Trinajstić information content (AvgIpc) is 3.11. The summed E-state index contributed by atoms with van der Waals surface area (Å²) in [7, 11) is 0. The highest BCUT2D eigenvalue weighted by atomic mass is 35.5. The first-order valence-corrected chi connectivity index (χ1v) is 9.22. The Kier molecular flexibility index (Phi) is 7.45. The smallest absolute Gasteiger partial charge is 0.294 e. The number of nitrogens with two attached hydrogens (primary N) is 2. The summed E-state index contributed by atoms with van der Waals surface area (Å²) in [5, 5.41) is 14.2. The Bertz CT molecular complexity index is 897. The molecule has 1 fully saturated rings. The molecule has 0 bridgehead atoms. The molecule has 0 radical (unpaired) electrons. The Morgan fingerprint density at radius 1 is 1.21 bits per heavy atom. The second kappa shape index (κ2) is 9.43. The van der Waals surface area contributed by atoms with Crippen LogP contribution in [0.15, 0.2) is 18.2 Å². The maximum Gasteiger partial charge on any atom is 0.294 e. The van der Waals surface area contributed by atoms with Crippen molar-refractivity contribution in [3.05, 3.63) is 39.6 Å². The fraction of sp³-hybridized carbons (Fsp3) is 0.444. The lowest BCUT2D eigenvalue weighted by molar-refractivity contribution is -0.383. The van der Waals surface area contributed by atoms with E-state index in [9.17, 15) is 10.1 Å². The number of nitrogens with zero attached hydrogens (tertiary/aromatic N) is 4. The summed E-state index contributed by atoms with van der Waals surface area (Å²) in [6.45, 7) is 1.72. The van der Waals surface area contributed by atoms with E-state index < -0.39 is 4.92 Å². The van der Waals surface area contributed by atoms with E-state index in [0.29, 0.717) is 11.6 Å². The van der Waals surface area contributed by atoms with Crippen LogP contribution in [0.4, 0.5) is 28.8 Å². The van der Waals surface area contributed by atoms with Crippen LogP contribution in [0, 0.1) is 10.1 Å². The molecule has 0 spiro atoms. The van der Waals surface area contributed by atoms with Gasteiger partial charge < -0.3 is 21.7 Å². The first kappa shape index (κ1) is 22.9. The number of hydrogen-bond acceptors (Lipinski definition) is 8. The van der Waals surface area contributed by atoms with Gasteiger partial charge in [-0.2, -0.15) is 4.98 Å². The fourth-order valence-corrected chi connectivity index (χ4v) is 3.84. The molecule has 158 valence electrons. The topological polar surface area (TPSA) is 136 Å². The normalized spacial score (nSPS) is 17.7. The number of benzene rings is 1. The molecular formula is C18H25Cl2N7O2. The van der Waals surface area contributed by atoms with Crippen LogP contribution >= 0.6 is 24.8 Å². The molecule has 1 aromatic heterocycles. The zero-order valence-electron chi connectivity index (χ0n) is 15.8. The minimum absolute atomic E-state index is 0. The summed E-state index contributed by atoms with van der Waals surface area (Å²) in [6.07, 6.45) is 5.04. The minimum Gasteiger partial charge on any atom is -0.393 e. The van der Waals surface area contributed by atoms with Crippen LogP contribution in [0.2, 0.25) is 0 Å². The molecule has 1 unspecified atom stereocenters. The third-order valence-electron chi connectivity index (χ3n) is 5.15. The van der Waals surface area contributed by atoms with Crippen molar-refractivity contribution in [2.24, 2.45) is 5.73 Å². The number of aryl methyl sites for hydroxylation is 1. The molecule has 2 aliphatic rings. The van der Waals surface area contributed by atoms with Gasteiger partial charge in [-0.05, 0) is 44.2 Å². The van der Waals surface area contributed by atoms with E-state index in [0.717, 1.165) is 56.7 Å². The number of rotatable bonds is 4. The second-order valence-electron chi connectivity index (χ2n) is 7.15. The molecule has 5 N–H and O–H groups in total. The number of aromatic nitrogens is 2. The van der Waals surface area contributed by atoms with Gasteiger partial charge in [0.05, 0.1) is 10.6 Å².